The van der Waals surface area contributed by atoms with Gasteiger partial charge in [-0.05, 0) is 39.0 Å². The van der Waals surface area contributed by atoms with Crippen LogP contribution in [0, 0.1) is 10.1 Å². The fraction of sp³-hybridized carbons (Fsp3) is 0.444. The topological polar surface area (TPSA) is 87.4 Å². The highest BCUT2D eigenvalue weighted by molar-refractivity contribution is 6.30. The Bertz CT molecular complexity index is 831. The number of nitro groups is 1. The molecule has 9 heteroatoms. The lowest BCUT2D eigenvalue weighted by molar-refractivity contribution is -0.383. The monoisotopic (exact) mass is 390 g/mol. The number of hydrogen-bond donors (Lipinski definition) is 1. The van der Waals surface area contributed by atoms with Crippen molar-refractivity contribution in [3.63, 3.8) is 0 Å². The van der Waals surface area contributed by atoms with Crippen LogP contribution >= 0.6 is 11.6 Å². The molecule has 2 heterocycles. The molecule has 1 aliphatic rings. The van der Waals surface area contributed by atoms with Crippen molar-refractivity contribution in [3.05, 3.63) is 45.7 Å². The summed E-state index contributed by atoms with van der Waals surface area (Å²) in [4.78, 5) is 23.8. The largest absolute Gasteiger partial charge is 0.368 e. The summed E-state index contributed by atoms with van der Waals surface area (Å²) in [7, 11) is 0. The number of piperazine rings is 1. The van der Waals surface area contributed by atoms with Crippen molar-refractivity contribution in [2.45, 2.75) is 26.3 Å². The quantitative estimate of drug-likeness (QED) is 0.630. The normalized spacial score (nSPS) is 15.0. The Balaban J connectivity index is 1.81. The van der Waals surface area contributed by atoms with Crippen LogP contribution in [0.15, 0.2) is 30.6 Å². The molecule has 0 atom stereocenters. The smallest absolute Gasteiger partial charge is 0.353 e. The molecule has 0 spiro atoms. The highest BCUT2D eigenvalue weighted by Crippen LogP contribution is 2.34. The van der Waals surface area contributed by atoms with Gasteiger partial charge in [-0.15, -0.1) is 0 Å². The molecule has 2 aromatic rings. The Labute approximate surface area is 163 Å². The van der Waals surface area contributed by atoms with Crippen LogP contribution in [0.4, 0.5) is 23.0 Å². The second-order valence-electron chi connectivity index (χ2n) is 7.48. The van der Waals surface area contributed by atoms with Crippen LogP contribution in [0.25, 0.3) is 0 Å². The number of rotatable bonds is 4. The third kappa shape index (κ3) is 4.57. The minimum atomic E-state index is -0.410. The summed E-state index contributed by atoms with van der Waals surface area (Å²) in [5.41, 5.74) is 0.625. The third-order valence-corrected chi connectivity index (χ3v) is 4.47. The van der Waals surface area contributed by atoms with Crippen LogP contribution in [0.1, 0.15) is 20.8 Å². The van der Waals surface area contributed by atoms with Gasteiger partial charge in [0.15, 0.2) is 0 Å². The molecule has 1 aromatic carbocycles. The van der Waals surface area contributed by atoms with Gasteiger partial charge in [0.05, 0.1) is 4.92 Å². The molecule has 1 fully saturated rings. The summed E-state index contributed by atoms with van der Waals surface area (Å²) in [6.07, 6.45) is 1.37. The zero-order valence-corrected chi connectivity index (χ0v) is 16.4. The van der Waals surface area contributed by atoms with E-state index in [1.165, 1.54) is 6.33 Å². The van der Waals surface area contributed by atoms with Crippen LogP contribution in [0.2, 0.25) is 5.02 Å². The predicted octanol–water partition coefficient (Wildman–Crippen LogP) is 3.58. The van der Waals surface area contributed by atoms with Crippen LogP contribution in [0.5, 0.6) is 0 Å². The summed E-state index contributed by atoms with van der Waals surface area (Å²) in [6.45, 7) is 8.50. The van der Waals surface area contributed by atoms with Crippen LogP contribution in [-0.2, 0) is 0 Å². The second-order valence-corrected chi connectivity index (χ2v) is 7.92. The molecule has 8 nitrogen and oxygen atoms in total. The number of hydrogen-bond acceptors (Lipinski definition) is 7. The number of anilines is 3. The molecule has 1 saturated heterocycles. The van der Waals surface area contributed by atoms with Crippen molar-refractivity contribution in [2.24, 2.45) is 0 Å². The minimum Gasteiger partial charge on any atom is -0.368 e. The zero-order chi connectivity index (χ0) is 19.6. The first-order valence-corrected chi connectivity index (χ1v) is 9.15. The van der Waals surface area contributed by atoms with Crippen molar-refractivity contribution in [3.8, 4) is 0 Å². The molecule has 27 heavy (non-hydrogen) atoms. The van der Waals surface area contributed by atoms with Gasteiger partial charge in [0.1, 0.15) is 6.33 Å². The van der Waals surface area contributed by atoms with Gasteiger partial charge in [0.2, 0.25) is 11.6 Å². The predicted molar refractivity (Wildman–Crippen MR) is 108 cm³/mol. The fourth-order valence-electron chi connectivity index (χ4n) is 3.06. The van der Waals surface area contributed by atoms with Crippen molar-refractivity contribution < 1.29 is 4.92 Å². The lowest BCUT2D eigenvalue weighted by Gasteiger charge is -2.36. The Morgan fingerprint density at radius 1 is 1.15 bits per heavy atom. The molecule has 0 saturated carbocycles. The summed E-state index contributed by atoms with van der Waals surface area (Å²) in [6, 6.07) is 7.70. The first-order chi connectivity index (χ1) is 12.7. The van der Waals surface area contributed by atoms with E-state index < -0.39 is 4.92 Å². The van der Waals surface area contributed by atoms with Gasteiger partial charge in [-0.2, -0.15) is 0 Å². The molecule has 0 unspecified atom stereocenters. The number of aromatic nitrogens is 2. The molecule has 3 rings (SSSR count). The second kappa shape index (κ2) is 7.56. The molecule has 1 aromatic heterocycles. The molecular weight excluding hydrogens is 368 g/mol. The van der Waals surface area contributed by atoms with Gasteiger partial charge in [-0.1, -0.05) is 17.7 Å². The average molecular weight is 391 g/mol. The number of halogens is 1. The Morgan fingerprint density at radius 2 is 1.81 bits per heavy atom. The first kappa shape index (κ1) is 19.2. The molecule has 0 bridgehead atoms. The van der Waals surface area contributed by atoms with E-state index in [9.17, 15) is 10.1 Å². The lowest BCUT2D eigenvalue weighted by Crippen LogP contribution is -2.47. The Kier molecular flexibility index (Phi) is 5.36. The summed E-state index contributed by atoms with van der Waals surface area (Å²) >= 11 is 6.08. The van der Waals surface area contributed by atoms with Gasteiger partial charge in [0.25, 0.3) is 0 Å². The summed E-state index contributed by atoms with van der Waals surface area (Å²) in [5, 5.41) is 15.5. The molecule has 1 aliphatic heterocycles. The average Bonchev–Trinajstić information content (AvgIpc) is 2.60. The van der Waals surface area contributed by atoms with E-state index in [0.717, 1.165) is 18.8 Å². The van der Waals surface area contributed by atoms with E-state index in [1.807, 2.05) is 49.9 Å². The lowest BCUT2D eigenvalue weighted by atomic mass is 10.1. The molecule has 0 radical (unpaired) electrons. The molecule has 144 valence electrons. The number of nitrogens with zero attached hydrogens (tertiary/aromatic N) is 5. The van der Waals surface area contributed by atoms with E-state index in [4.69, 9.17) is 11.6 Å². The van der Waals surface area contributed by atoms with Crippen molar-refractivity contribution in [2.75, 3.05) is 41.3 Å². The summed E-state index contributed by atoms with van der Waals surface area (Å²) in [5.74, 6) is 0.599. The van der Waals surface area contributed by atoms with Gasteiger partial charge < -0.3 is 15.1 Å². The first-order valence-electron chi connectivity index (χ1n) is 8.77. The molecular formula is C18H23ClN6O2. The maximum absolute atomic E-state index is 11.7. The standard InChI is InChI=1S/C18H23ClN6O2/c1-18(2,3)22-16-15(25(26)27)17(21-12-20-16)24-9-7-23(8-10-24)14-6-4-5-13(19)11-14/h4-6,11-12H,7-10H2,1-3H3,(H,20,21,22). The Morgan fingerprint density at radius 3 is 2.41 bits per heavy atom. The van der Waals surface area contributed by atoms with E-state index in [1.54, 1.807) is 0 Å². The van der Waals surface area contributed by atoms with Gasteiger partial charge in [0, 0.05) is 42.4 Å². The highest BCUT2D eigenvalue weighted by Gasteiger charge is 2.30. The Hall–Kier alpha value is -2.61. The van der Waals surface area contributed by atoms with Crippen molar-refractivity contribution in [1.29, 1.82) is 0 Å². The maximum atomic E-state index is 11.7. The SMILES string of the molecule is CC(C)(C)Nc1ncnc(N2CCN(c3cccc(Cl)c3)CC2)c1[N+](=O)[O-]. The molecule has 0 amide bonds. The van der Waals surface area contributed by atoms with Crippen molar-refractivity contribution >= 4 is 34.6 Å². The van der Waals surface area contributed by atoms with Crippen molar-refractivity contribution in [1.82, 2.24) is 9.97 Å². The van der Waals surface area contributed by atoms with Crippen LogP contribution in [-0.4, -0.2) is 46.6 Å². The zero-order valence-electron chi connectivity index (χ0n) is 15.6. The maximum Gasteiger partial charge on any atom is 0.353 e. The van der Waals surface area contributed by atoms with E-state index in [-0.39, 0.29) is 17.0 Å². The van der Waals surface area contributed by atoms with Crippen LogP contribution in [0.3, 0.4) is 0 Å². The summed E-state index contributed by atoms with van der Waals surface area (Å²) < 4.78 is 0. The third-order valence-electron chi connectivity index (χ3n) is 4.23. The van der Waals surface area contributed by atoms with Crippen LogP contribution < -0.4 is 15.1 Å². The van der Waals surface area contributed by atoms with E-state index in [0.29, 0.717) is 23.9 Å². The molecule has 0 aliphatic carbocycles. The van der Waals surface area contributed by atoms with Gasteiger partial charge in [-0.25, -0.2) is 9.97 Å². The number of benzene rings is 1. The minimum absolute atomic E-state index is 0.0800. The van der Waals surface area contributed by atoms with Gasteiger partial charge >= 0.3 is 5.69 Å². The van der Waals surface area contributed by atoms with Gasteiger partial charge in [-0.3, -0.25) is 10.1 Å². The van der Waals surface area contributed by atoms with E-state index >= 15 is 0 Å². The molecule has 1 N–H and O–H groups in total. The van der Waals surface area contributed by atoms with E-state index in [2.05, 4.69) is 20.2 Å². The number of nitrogens with one attached hydrogen (secondary N) is 1. The fourth-order valence-corrected chi connectivity index (χ4v) is 3.25. The highest BCUT2D eigenvalue weighted by atomic mass is 35.5.